The molecule has 2 N–H and O–H groups in total. The Balaban J connectivity index is 1.76. The maximum Gasteiger partial charge on any atom is 0.222 e. The number of nitrogens with zero attached hydrogens (tertiary/aromatic N) is 3. The van der Waals surface area contributed by atoms with Crippen LogP contribution in [0.25, 0.3) is 39.1 Å². The Morgan fingerprint density at radius 2 is 1.66 bits per heavy atom. The summed E-state index contributed by atoms with van der Waals surface area (Å²) < 4.78 is 12.1. The highest BCUT2D eigenvalue weighted by Crippen LogP contribution is 2.44. The van der Waals surface area contributed by atoms with Crippen molar-refractivity contribution >= 4 is 10.9 Å². The molecule has 0 saturated carbocycles. The van der Waals surface area contributed by atoms with Gasteiger partial charge in [0.05, 0.1) is 23.9 Å². The van der Waals surface area contributed by atoms with Crippen LogP contribution in [0.15, 0.2) is 65.4 Å². The number of rotatable bonds is 4. The first-order valence-electron chi connectivity index (χ1n) is 10.4. The Hall–Kier alpha value is -4.00. The Labute approximate surface area is 185 Å². The molecule has 0 unspecified atom stereocenters. The van der Waals surface area contributed by atoms with Gasteiger partial charge >= 0.3 is 0 Å². The normalized spacial score (nSPS) is 11.9. The van der Waals surface area contributed by atoms with Crippen LogP contribution in [-0.4, -0.2) is 32.1 Å². The van der Waals surface area contributed by atoms with Crippen LogP contribution in [0.2, 0.25) is 0 Å². The van der Waals surface area contributed by atoms with Crippen LogP contribution in [0.1, 0.15) is 26.5 Å². The van der Waals surface area contributed by atoms with E-state index in [0.29, 0.717) is 5.52 Å². The Bertz CT molecular complexity index is 1370. The lowest BCUT2D eigenvalue weighted by molar-refractivity contribution is 0.415. The molecule has 5 aromatic rings. The zero-order chi connectivity index (χ0) is 22.5. The van der Waals surface area contributed by atoms with Crippen LogP contribution in [-0.2, 0) is 5.41 Å². The lowest BCUT2D eigenvalue weighted by Crippen LogP contribution is -2.12. The van der Waals surface area contributed by atoms with Crippen LogP contribution < -0.4 is 4.74 Å². The van der Waals surface area contributed by atoms with Gasteiger partial charge in [-0.15, -0.1) is 0 Å². The van der Waals surface area contributed by atoms with Gasteiger partial charge in [0.1, 0.15) is 23.2 Å². The SMILES string of the molecule is COc1ccc(-c2c3c(C(C)(C)C)n[nH]c3c(O)n2-c2ccc(-c3ccon3)cc2)cc1. The summed E-state index contributed by atoms with van der Waals surface area (Å²) in [5.74, 6) is 0.885. The molecule has 162 valence electrons. The van der Waals surface area contributed by atoms with Crippen LogP contribution in [0.3, 0.4) is 0 Å². The number of H-pyrrole nitrogens is 1. The molecule has 0 bridgehead atoms. The number of hydrogen-bond acceptors (Lipinski definition) is 5. The second-order valence-corrected chi connectivity index (χ2v) is 8.74. The molecule has 0 atom stereocenters. The minimum absolute atomic E-state index is 0.114. The molecule has 0 saturated heterocycles. The van der Waals surface area contributed by atoms with E-state index in [2.05, 4.69) is 36.1 Å². The summed E-state index contributed by atoms with van der Waals surface area (Å²) in [7, 11) is 1.64. The monoisotopic (exact) mass is 428 g/mol. The molecule has 2 aromatic carbocycles. The third kappa shape index (κ3) is 3.13. The molecule has 3 heterocycles. The van der Waals surface area contributed by atoms with Crippen LogP contribution in [0.4, 0.5) is 0 Å². The molecule has 0 aliphatic heterocycles. The van der Waals surface area contributed by atoms with Gasteiger partial charge in [-0.1, -0.05) is 38.1 Å². The molecule has 0 fully saturated rings. The van der Waals surface area contributed by atoms with Gasteiger partial charge in [-0.2, -0.15) is 5.10 Å². The minimum atomic E-state index is -0.213. The quantitative estimate of drug-likeness (QED) is 0.384. The van der Waals surface area contributed by atoms with Crippen molar-refractivity contribution in [3.05, 3.63) is 66.6 Å². The van der Waals surface area contributed by atoms with E-state index in [9.17, 15) is 5.11 Å². The Morgan fingerprint density at radius 3 is 2.25 bits per heavy atom. The number of aromatic hydroxyl groups is 1. The van der Waals surface area contributed by atoms with Crippen molar-refractivity contribution in [1.82, 2.24) is 19.9 Å². The predicted octanol–water partition coefficient (Wildman–Crippen LogP) is 5.69. The van der Waals surface area contributed by atoms with E-state index < -0.39 is 0 Å². The topological polar surface area (TPSA) is 89.1 Å². The third-order valence-electron chi connectivity index (χ3n) is 5.60. The average molecular weight is 428 g/mol. The molecule has 0 aliphatic carbocycles. The highest BCUT2D eigenvalue weighted by molar-refractivity contribution is 6.01. The van der Waals surface area contributed by atoms with Gasteiger partial charge in [-0.3, -0.25) is 9.67 Å². The second-order valence-electron chi connectivity index (χ2n) is 8.74. The number of ether oxygens (including phenoxy) is 1. The van der Waals surface area contributed by atoms with Crippen LogP contribution in [0.5, 0.6) is 11.6 Å². The summed E-state index contributed by atoms with van der Waals surface area (Å²) in [5.41, 5.74) is 5.63. The first kappa shape index (κ1) is 19.9. The molecule has 5 rings (SSSR count). The van der Waals surface area contributed by atoms with Gasteiger partial charge in [0, 0.05) is 22.7 Å². The van der Waals surface area contributed by atoms with Gasteiger partial charge in [0.15, 0.2) is 0 Å². The first-order chi connectivity index (χ1) is 15.4. The predicted molar refractivity (Wildman–Crippen MR) is 123 cm³/mol. The number of fused-ring (bicyclic) bond motifs is 1. The highest BCUT2D eigenvalue weighted by atomic mass is 16.5. The first-order valence-corrected chi connectivity index (χ1v) is 10.4. The van der Waals surface area contributed by atoms with Gasteiger partial charge in [-0.05, 0) is 42.0 Å². The van der Waals surface area contributed by atoms with Gasteiger partial charge in [0.25, 0.3) is 0 Å². The number of methoxy groups -OCH3 is 1. The third-order valence-corrected chi connectivity index (χ3v) is 5.60. The molecule has 7 heteroatoms. The molecule has 0 radical (unpaired) electrons. The van der Waals surface area contributed by atoms with E-state index in [4.69, 9.17) is 9.26 Å². The van der Waals surface area contributed by atoms with Crippen molar-refractivity contribution in [1.29, 1.82) is 0 Å². The minimum Gasteiger partial charge on any atom is -0.497 e. The van der Waals surface area contributed by atoms with Crippen LogP contribution in [0, 0.1) is 0 Å². The Kier molecular flexibility index (Phi) is 4.55. The van der Waals surface area contributed by atoms with Gasteiger partial charge in [-0.25, -0.2) is 0 Å². The van der Waals surface area contributed by atoms with E-state index >= 15 is 0 Å². The average Bonchev–Trinajstić information content (AvgIpc) is 3.52. The fourth-order valence-corrected chi connectivity index (χ4v) is 4.02. The van der Waals surface area contributed by atoms with Crippen LogP contribution >= 0.6 is 0 Å². The standard InChI is InChI=1S/C25H24N4O3/c1-25(2,3)23-20-21(26-27-23)24(30)29(22(20)16-7-11-18(31-4)12-8-16)17-9-5-15(6-10-17)19-13-14-32-28-19/h5-14,26,30H,1-4H3. The summed E-state index contributed by atoms with van der Waals surface area (Å²) in [6.45, 7) is 6.34. The molecule has 0 aliphatic rings. The number of benzene rings is 2. The zero-order valence-corrected chi connectivity index (χ0v) is 18.4. The van der Waals surface area contributed by atoms with Crippen molar-refractivity contribution in [3.63, 3.8) is 0 Å². The smallest absolute Gasteiger partial charge is 0.222 e. The number of nitrogens with one attached hydrogen (secondary N) is 1. The summed E-state index contributed by atoms with van der Waals surface area (Å²) >= 11 is 0. The molecule has 7 nitrogen and oxygen atoms in total. The molecule has 0 amide bonds. The molecule has 3 aromatic heterocycles. The second kappa shape index (κ2) is 7.30. The molecule has 0 spiro atoms. The largest absolute Gasteiger partial charge is 0.497 e. The fourth-order valence-electron chi connectivity index (χ4n) is 4.02. The van der Waals surface area contributed by atoms with E-state index in [-0.39, 0.29) is 11.3 Å². The van der Waals surface area contributed by atoms with Crippen molar-refractivity contribution in [2.24, 2.45) is 0 Å². The molecular formula is C25H24N4O3. The summed E-state index contributed by atoms with van der Waals surface area (Å²) in [5, 5.41) is 23.8. The maximum absolute atomic E-state index is 11.3. The lowest BCUT2D eigenvalue weighted by Gasteiger charge is -2.17. The summed E-state index contributed by atoms with van der Waals surface area (Å²) in [6, 6.07) is 17.5. The lowest BCUT2D eigenvalue weighted by atomic mass is 9.89. The molecule has 32 heavy (non-hydrogen) atoms. The number of hydrogen-bond donors (Lipinski definition) is 2. The van der Waals surface area contributed by atoms with Crippen molar-refractivity contribution in [2.75, 3.05) is 7.11 Å². The van der Waals surface area contributed by atoms with E-state index in [0.717, 1.165) is 45.0 Å². The Morgan fingerprint density at radius 1 is 0.969 bits per heavy atom. The number of aromatic nitrogens is 4. The molecular weight excluding hydrogens is 404 g/mol. The zero-order valence-electron chi connectivity index (χ0n) is 18.4. The van der Waals surface area contributed by atoms with Gasteiger partial charge < -0.3 is 14.4 Å². The van der Waals surface area contributed by atoms with E-state index in [1.165, 1.54) is 0 Å². The maximum atomic E-state index is 11.3. The van der Waals surface area contributed by atoms with Gasteiger partial charge in [0.2, 0.25) is 5.88 Å². The van der Waals surface area contributed by atoms with Crippen molar-refractivity contribution in [2.45, 2.75) is 26.2 Å². The highest BCUT2D eigenvalue weighted by Gasteiger charge is 2.29. The fraction of sp³-hybridized carbons (Fsp3) is 0.200. The summed E-state index contributed by atoms with van der Waals surface area (Å²) in [4.78, 5) is 0. The van der Waals surface area contributed by atoms with Crippen molar-refractivity contribution in [3.8, 4) is 39.8 Å². The van der Waals surface area contributed by atoms with E-state index in [1.807, 2.05) is 59.2 Å². The van der Waals surface area contributed by atoms with E-state index in [1.54, 1.807) is 13.4 Å². The van der Waals surface area contributed by atoms with Crippen molar-refractivity contribution < 1.29 is 14.4 Å². The summed E-state index contributed by atoms with van der Waals surface area (Å²) in [6.07, 6.45) is 1.55. The number of aromatic amines is 1.